The maximum Gasteiger partial charge on any atom is 0.243 e. The lowest BCUT2D eigenvalue weighted by atomic mass is 10.00. The minimum atomic E-state index is -0.353. The molecule has 0 bridgehead atoms. The molecule has 0 aromatic heterocycles. The molecule has 0 radical (unpaired) electrons. The second kappa shape index (κ2) is 9.33. The van der Waals surface area contributed by atoms with E-state index in [1.54, 1.807) is 18.2 Å². The zero-order chi connectivity index (χ0) is 16.1. The zero-order valence-corrected chi connectivity index (χ0v) is 14.8. The molecule has 1 fully saturated rings. The van der Waals surface area contributed by atoms with Gasteiger partial charge >= 0.3 is 0 Å². The average molecular weight is 381 g/mol. The molecule has 0 saturated heterocycles. The molecule has 5 nitrogen and oxygen atoms in total. The van der Waals surface area contributed by atoms with Gasteiger partial charge in [0.2, 0.25) is 11.8 Å². The van der Waals surface area contributed by atoms with Crippen molar-refractivity contribution in [2.45, 2.75) is 31.7 Å². The molecule has 1 aromatic carbocycles. The molecule has 4 N–H and O–H groups in total. The summed E-state index contributed by atoms with van der Waals surface area (Å²) in [4.78, 5) is 23.7. The van der Waals surface area contributed by atoms with Crippen LogP contribution in [0.5, 0.6) is 0 Å². The Bertz CT molecular complexity index is 569. The van der Waals surface area contributed by atoms with Gasteiger partial charge in [-0.05, 0) is 37.0 Å². The van der Waals surface area contributed by atoms with E-state index in [1.807, 2.05) is 0 Å². The summed E-state index contributed by atoms with van der Waals surface area (Å²) in [6.07, 6.45) is 3.36. The Morgan fingerprint density at radius 2 is 1.96 bits per heavy atom. The molecule has 1 aliphatic carbocycles. The number of hydrogen-bond acceptors (Lipinski definition) is 3. The Morgan fingerprint density at radius 1 is 1.22 bits per heavy atom. The van der Waals surface area contributed by atoms with Crippen LogP contribution in [0.2, 0.25) is 10.0 Å². The molecular weight excluding hydrogens is 361 g/mol. The Hall–Kier alpha value is -1.01. The molecule has 1 saturated carbocycles. The van der Waals surface area contributed by atoms with Crippen LogP contribution in [0, 0.1) is 5.92 Å². The molecule has 0 heterocycles. The second-order valence-corrected chi connectivity index (χ2v) is 6.35. The lowest BCUT2D eigenvalue weighted by Gasteiger charge is -2.14. The van der Waals surface area contributed by atoms with Gasteiger partial charge in [-0.1, -0.05) is 29.6 Å². The van der Waals surface area contributed by atoms with Gasteiger partial charge in [0.15, 0.2) is 0 Å². The normalized spacial score (nSPS) is 19.8. The first-order valence-corrected chi connectivity index (χ1v) is 7.98. The van der Waals surface area contributed by atoms with Crippen LogP contribution in [0.25, 0.3) is 0 Å². The summed E-state index contributed by atoms with van der Waals surface area (Å²) in [5.74, 6) is -0.298. The quantitative estimate of drug-likeness (QED) is 0.734. The fourth-order valence-corrected chi connectivity index (χ4v) is 2.93. The number of rotatable bonds is 5. The van der Waals surface area contributed by atoms with Gasteiger partial charge in [-0.3, -0.25) is 9.59 Å². The van der Waals surface area contributed by atoms with Crippen molar-refractivity contribution in [1.82, 2.24) is 5.32 Å². The molecule has 1 aromatic rings. The smallest absolute Gasteiger partial charge is 0.243 e. The van der Waals surface area contributed by atoms with Gasteiger partial charge in [-0.2, -0.15) is 0 Å². The maximum absolute atomic E-state index is 11.8. The van der Waals surface area contributed by atoms with Crippen LogP contribution in [0.4, 0.5) is 5.69 Å². The summed E-state index contributed by atoms with van der Waals surface area (Å²) < 4.78 is 0. The standard InChI is InChI=1S/C15H19Cl2N3O2.ClH/c16-10-4-5-11(17)13(7-10)20-15(22)8-19-14(21)6-9-2-1-3-12(9)18;/h4-5,7,9,12H,1-3,6,8,18H2,(H,19,21)(H,20,22);1H/t9-,12+;/m0./s1. The van der Waals surface area contributed by atoms with Crippen molar-refractivity contribution in [2.75, 3.05) is 11.9 Å². The summed E-state index contributed by atoms with van der Waals surface area (Å²) in [5.41, 5.74) is 6.35. The Labute approximate surface area is 151 Å². The highest BCUT2D eigenvalue weighted by atomic mass is 35.5. The van der Waals surface area contributed by atoms with Crippen molar-refractivity contribution in [2.24, 2.45) is 11.7 Å². The molecule has 0 spiro atoms. The van der Waals surface area contributed by atoms with E-state index in [4.69, 9.17) is 28.9 Å². The first-order valence-electron chi connectivity index (χ1n) is 7.23. The van der Waals surface area contributed by atoms with Crippen molar-refractivity contribution < 1.29 is 9.59 Å². The molecule has 2 rings (SSSR count). The van der Waals surface area contributed by atoms with Crippen molar-refractivity contribution >= 4 is 53.1 Å². The second-order valence-electron chi connectivity index (χ2n) is 5.51. The summed E-state index contributed by atoms with van der Waals surface area (Å²) in [6, 6.07) is 4.87. The highest BCUT2D eigenvalue weighted by Crippen LogP contribution is 2.27. The van der Waals surface area contributed by atoms with E-state index >= 15 is 0 Å². The van der Waals surface area contributed by atoms with Crippen LogP contribution in [-0.2, 0) is 9.59 Å². The summed E-state index contributed by atoms with van der Waals surface area (Å²) in [5, 5.41) is 6.08. The van der Waals surface area contributed by atoms with Crippen LogP contribution in [0.1, 0.15) is 25.7 Å². The van der Waals surface area contributed by atoms with E-state index in [2.05, 4.69) is 10.6 Å². The van der Waals surface area contributed by atoms with E-state index in [0.717, 1.165) is 19.3 Å². The minimum Gasteiger partial charge on any atom is -0.347 e. The largest absolute Gasteiger partial charge is 0.347 e. The fourth-order valence-electron chi connectivity index (χ4n) is 2.60. The Balaban J connectivity index is 0.00000264. The third-order valence-corrected chi connectivity index (χ3v) is 4.38. The van der Waals surface area contributed by atoms with Crippen molar-refractivity contribution in [1.29, 1.82) is 0 Å². The van der Waals surface area contributed by atoms with E-state index in [-0.39, 0.29) is 42.7 Å². The average Bonchev–Trinajstić information content (AvgIpc) is 2.86. The lowest BCUT2D eigenvalue weighted by Crippen LogP contribution is -2.36. The number of anilines is 1. The van der Waals surface area contributed by atoms with Gasteiger partial charge in [0.1, 0.15) is 0 Å². The van der Waals surface area contributed by atoms with Gasteiger partial charge in [0.05, 0.1) is 17.3 Å². The summed E-state index contributed by atoms with van der Waals surface area (Å²) in [6.45, 7) is -0.108. The third-order valence-electron chi connectivity index (χ3n) is 3.81. The van der Waals surface area contributed by atoms with Gasteiger partial charge in [-0.25, -0.2) is 0 Å². The topological polar surface area (TPSA) is 84.2 Å². The van der Waals surface area contributed by atoms with Crippen molar-refractivity contribution in [3.05, 3.63) is 28.2 Å². The molecule has 2 amide bonds. The number of benzene rings is 1. The van der Waals surface area contributed by atoms with Crippen LogP contribution in [0.3, 0.4) is 0 Å². The van der Waals surface area contributed by atoms with Crippen molar-refractivity contribution in [3.63, 3.8) is 0 Å². The lowest BCUT2D eigenvalue weighted by molar-refractivity contribution is -0.124. The predicted octanol–water partition coefficient (Wildman–Crippen LogP) is 2.99. The summed E-state index contributed by atoms with van der Waals surface area (Å²) >= 11 is 11.8. The summed E-state index contributed by atoms with van der Waals surface area (Å²) in [7, 11) is 0. The number of nitrogens with two attached hydrogens (primary N) is 1. The van der Waals surface area contributed by atoms with Crippen LogP contribution < -0.4 is 16.4 Å². The van der Waals surface area contributed by atoms with Gasteiger partial charge in [0.25, 0.3) is 0 Å². The number of nitrogens with one attached hydrogen (secondary N) is 2. The van der Waals surface area contributed by atoms with E-state index in [0.29, 0.717) is 22.2 Å². The maximum atomic E-state index is 11.8. The number of halogens is 3. The number of amides is 2. The Kier molecular flexibility index (Phi) is 8.12. The highest BCUT2D eigenvalue weighted by molar-refractivity contribution is 6.35. The minimum absolute atomic E-state index is 0. The molecule has 2 atom stereocenters. The first kappa shape index (κ1) is 20.0. The molecule has 0 aliphatic heterocycles. The first-order chi connectivity index (χ1) is 10.5. The molecule has 128 valence electrons. The predicted molar refractivity (Wildman–Crippen MR) is 95.3 cm³/mol. The van der Waals surface area contributed by atoms with Crippen molar-refractivity contribution in [3.8, 4) is 0 Å². The van der Waals surface area contributed by atoms with Crippen LogP contribution >= 0.6 is 35.6 Å². The SMILES string of the molecule is Cl.N[C@@H]1CCC[C@H]1CC(=O)NCC(=O)Nc1cc(Cl)ccc1Cl. The van der Waals surface area contributed by atoms with Gasteiger partial charge in [0, 0.05) is 17.5 Å². The third kappa shape index (κ3) is 6.18. The van der Waals surface area contributed by atoms with E-state index in [9.17, 15) is 9.59 Å². The zero-order valence-electron chi connectivity index (χ0n) is 12.5. The van der Waals surface area contributed by atoms with E-state index in [1.165, 1.54) is 0 Å². The Morgan fingerprint density at radius 3 is 2.61 bits per heavy atom. The molecular formula is C15H20Cl3N3O2. The fraction of sp³-hybridized carbons (Fsp3) is 0.467. The molecule has 8 heteroatoms. The number of carbonyl (C=O) groups excluding carboxylic acids is 2. The number of hydrogen-bond donors (Lipinski definition) is 3. The molecule has 0 unspecified atom stereocenters. The highest BCUT2D eigenvalue weighted by Gasteiger charge is 2.26. The monoisotopic (exact) mass is 379 g/mol. The van der Waals surface area contributed by atoms with Gasteiger partial charge < -0.3 is 16.4 Å². The number of carbonyl (C=O) groups is 2. The van der Waals surface area contributed by atoms with E-state index < -0.39 is 0 Å². The van der Waals surface area contributed by atoms with Crippen LogP contribution in [0.15, 0.2) is 18.2 Å². The van der Waals surface area contributed by atoms with Crippen LogP contribution in [-0.4, -0.2) is 24.4 Å². The molecule has 1 aliphatic rings. The van der Waals surface area contributed by atoms with Gasteiger partial charge in [-0.15, -0.1) is 12.4 Å². The molecule has 23 heavy (non-hydrogen) atoms.